The Kier molecular flexibility index (Phi) is 8.04. The molecule has 42 heavy (non-hydrogen) atoms. The van der Waals surface area contributed by atoms with Crippen LogP contribution in [0.3, 0.4) is 0 Å². The summed E-state index contributed by atoms with van der Waals surface area (Å²) in [7, 11) is 3.95. The van der Waals surface area contributed by atoms with Crippen LogP contribution in [0.25, 0.3) is 0 Å². The zero-order valence-electron chi connectivity index (χ0n) is 23.1. The van der Waals surface area contributed by atoms with Crippen molar-refractivity contribution in [2.45, 2.75) is 18.3 Å². The van der Waals surface area contributed by atoms with Gasteiger partial charge in [-0.25, -0.2) is 9.18 Å². The van der Waals surface area contributed by atoms with Crippen LogP contribution in [0, 0.1) is 11.7 Å². The fourth-order valence-corrected chi connectivity index (χ4v) is 6.07. The number of Topliss-reactive ketones (excluding diaryl/α,β-unsaturated/α-hetero) is 1. The molecule has 0 radical (unpaired) electrons. The Balaban J connectivity index is 1.83. The van der Waals surface area contributed by atoms with Gasteiger partial charge in [-0.05, 0) is 53.9 Å². The summed E-state index contributed by atoms with van der Waals surface area (Å²) in [5.41, 5.74) is 8.60. The van der Waals surface area contributed by atoms with E-state index in [1.807, 2.05) is 0 Å². The Morgan fingerprint density at radius 3 is 2.31 bits per heavy atom. The molecule has 10 heteroatoms. The maximum Gasteiger partial charge on any atom is 0.338 e. The van der Waals surface area contributed by atoms with Crippen molar-refractivity contribution in [3.8, 4) is 5.75 Å². The van der Waals surface area contributed by atoms with Gasteiger partial charge in [0.2, 0.25) is 0 Å². The molecule has 0 bridgehead atoms. The van der Waals surface area contributed by atoms with Gasteiger partial charge in [0.05, 0.1) is 38.5 Å². The molecule has 3 aromatic carbocycles. The molecule has 0 spiro atoms. The van der Waals surface area contributed by atoms with Crippen LogP contribution in [-0.4, -0.2) is 39.1 Å². The highest BCUT2D eigenvalue weighted by Crippen LogP contribution is 2.52. The zero-order valence-corrected chi connectivity index (χ0v) is 23.9. The molecule has 1 aliphatic carbocycles. The van der Waals surface area contributed by atoms with Crippen LogP contribution in [0.2, 0.25) is 5.02 Å². The van der Waals surface area contributed by atoms with Crippen LogP contribution < -0.4 is 15.4 Å². The molecular formula is C32H28ClFN2O6. The van der Waals surface area contributed by atoms with Gasteiger partial charge in [-0.2, -0.15) is 0 Å². The van der Waals surface area contributed by atoms with Crippen LogP contribution in [0.5, 0.6) is 5.75 Å². The topological polar surface area (TPSA) is 108 Å². The molecule has 2 N–H and O–H groups in total. The van der Waals surface area contributed by atoms with Gasteiger partial charge in [0, 0.05) is 22.2 Å². The molecule has 2 aliphatic rings. The van der Waals surface area contributed by atoms with E-state index < -0.39 is 41.3 Å². The summed E-state index contributed by atoms with van der Waals surface area (Å²) in [4.78, 5) is 42.8. The minimum absolute atomic E-state index is 0.0473. The molecular weight excluding hydrogens is 563 g/mol. The standard InChI is InChI=1S/C32H28ClFN2O6/c1-40-20-13-11-17(12-14-20)22-16-24-27(29(37)26(22)31(38)41-2)25(21-9-4-5-10-23(21)33)28(32(39)42-3)30(35)36(24)19-8-6-7-18(34)15-19/h4-15,22,25-26H,16,35H2,1-3H3/t22-,25+,26-/m1/s1. The maximum absolute atomic E-state index is 14.6. The van der Waals surface area contributed by atoms with Crippen molar-refractivity contribution >= 4 is 35.0 Å². The van der Waals surface area contributed by atoms with Crippen molar-refractivity contribution in [1.29, 1.82) is 0 Å². The number of nitrogens with two attached hydrogens (primary N) is 1. The van der Waals surface area contributed by atoms with Gasteiger partial charge in [-0.1, -0.05) is 48.0 Å². The lowest BCUT2D eigenvalue weighted by atomic mass is 9.67. The van der Waals surface area contributed by atoms with Gasteiger partial charge in [-0.15, -0.1) is 0 Å². The van der Waals surface area contributed by atoms with E-state index in [4.69, 9.17) is 31.5 Å². The Morgan fingerprint density at radius 2 is 1.69 bits per heavy atom. The Hall–Kier alpha value is -4.63. The Labute approximate surface area is 247 Å². The van der Waals surface area contributed by atoms with Gasteiger partial charge >= 0.3 is 11.9 Å². The number of halogens is 2. The second-order valence-corrected chi connectivity index (χ2v) is 10.3. The van der Waals surface area contributed by atoms with Gasteiger partial charge in [0.1, 0.15) is 23.3 Å². The fraction of sp³-hybridized carbons (Fsp3) is 0.219. The number of carbonyl (C=O) groups excluding carboxylic acids is 3. The number of benzene rings is 3. The predicted molar refractivity (Wildman–Crippen MR) is 154 cm³/mol. The first-order valence-electron chi connectivity index (χ1n) is 13.1. The molecule has 0 unspecified atom stereocenters. The van der Waals surface area contributed by atoms with Crippen molar-refractivity contribution < 1.29 is 33.0 Å². The van der Waals surface area contributed by atoms with Crippen LogP contribution >= 0.6 is 11.6 Å². The van der Waals surface area contributed by atoms with E-state index in [9.17, 15) is 18.8 Å². The summed E-state index contributed by atoms with van der Waals surface area (Å²) in [6.07, 6.45) is 0.125. The monoisotopic (exact) mass is 590 g/mol. The van der Waals surface area contributed by atoms with Crippen molar-refractivity contribution in [3.05, 3.63) is 117 Å². The minimum Gasteiger partial charge on any atom is -0.497 e. The van der Waals surface area contributed by atoms with E-state index in [2.05, 4.69) is 0 Å². The highest BCUT2D eigenvalue weighted by atomic mass is 35.5. The molecule has 0 aromatic heterocycles. The average Bonchev–Trinajstić information content (AvgIpc) is 3.00. The Morgan fingerprint density at radius 1 is 0.976 bits per heavy atom. The highest BCUT2D eigenvalue weighted by molar-refractivity contribution is 6.31. The molecule has 8 nitrogen and oxygen atoms in total. The second-order valence-electron chi connectivity index (χ2n) is 9.87. The largest absolute Gasteiger partial charge is 0.497 e. The number of ketones is 1. The lowest BCUT2D eigenvalue weighted by Gasteiger charge is -2.44. The number of anilines is 1. The van der Waals surface area contributed by atoms with E-state index >= 15 is 0 Å². The fourth-order valence-electron chi connectivity index (χ4n) is 5.83. The van der Waals surface area contributed by atoms with Crippen LogP contribution in [0.4, 0.5) is 10.1 Å². The smallest absolute Gasteiger partial charge is 0.338 e. The number of methoxy groups -OCH3 is 3. The van der Waals surface area contributed by atoms with E-state index in [-0.39, 0.29) is 34.1 Å². The van der Waals surface area contributed by atoms with Gasteiger partial charge in [0.25, 0.3) is 0 Å². The third-order valence-corrected chi connectivity index (χ3v) is 8.07. The first kappa shape index (κ1) is 28.9. The summed E-state index contributed by atoms with van der Waals surface area (Å²) in [5, 5.41) is 0.280. The normalized spacial score (nSPS) is 20.3. The third-order valence-electron chi connectivity index (χ3n) is 7.73. The van der Waals surface area contributed by atoms with Crippen molar-refractivity contribution in [2.75, 3.05) is 26.2 Å². The summed E-state index contributed by atoms with van der Waals surface area (Å²) in [6, 6.07) is 19.4. The van der Waals surface area contributed by atoms with E-state index in [1.54, 1.807) is 54.6 Å². The SMILES string of the molecule is COC(=O)C1=C(N)N(c2cccc(F)c2)C2=C(C(=O)[C@H](C(=O)OC)[C@@H](c3ccc(OC)cc3)C2)[C@@H]1c1ccccc1Cl. The van der Waals surface area contributed by atoms with E-state index in [0.717, 1.165) is 0 Å². The molecule has 1 heterocycles. The summed E-state index contributed by atoms with van der Waals surface area (Å²) >= 11 is 6.63. The van der Waals surface area contributed by atoms with Crippen molar-refractivity contribution in [1.82, 2.24) is 0 Å². The van der Waals surface area contributed by atoms with E-state index in [1.165, 1.54) is 44.4 Å². The number of hydrogen-bond donors (Lipinski definition) is 1. The molecule has 0 saturated heterocycles. The van der Waals surface area contributed by atoms with Crippen LogP contribution in [0.1, 0.15) is 29.4 Å². The average molecular weight is 591 g/mol. The zero-order chi connectivity index (χ0) is 30.1. The molecule has 0 saturated carbocycles. The van der Waals surface area contributed by atoms with E-state index in [0.29, 0.717) is 22.6 Å². The lowest BCUT2D eigenvalue weighted by molar-refractivity contribution is -0.150. The minimum atomic E-state index is -1.25. The summed E-state index contributed by atoms with van der Waals surface area (Å²) < 4.78 is 30.1. The van der Waals surface area contributed by atoms with Crippen molar-refractivity contribution in [2.24, 2.45) is 11.7 Å². The number of ether oxygens (including phenoxy) is 3. The number of allylic oxidation sites excluding steroid dienone is 2. The van der Waals surface area contributed by atoms with Crippen LogP contribution in [-0.2, 0) is 23.9 Å². The number of nitrogens with zero attached hydrogens (tertiary/aromatic N) is 1. The van der Waals surface area contributed by atoms with Crippen molar-refractivity contribution in [3.63, 3.8) is 0 Å². The maximum atomic E-state index is 14.6. The van der Waals surface area contributed by atoms with Gasteiger partial charge in [-0.3, -0.25) is 14.5 Å². The molecule has 3 aromatic rings. The summed E-state index contributed by atoms with van der Waals surface area (Å²) in [6.45, 7) is 0. The first-order valence-corrected chi connectivity index (χ1v) is 13.5. The van der Waals surface area contributed by atoms with Crippen LogP contribution in [0.15, 0.2) is 95.5 Å². The molecule has 0 fully saturated rings. The summed E-state index contributed by atoms with van der Waals surface area (Å²) in [5.74, 6) is -5.08. The third kappa shape index (κ3) is 4.90. The van der Waals surface area contributed by atoms with Gasteiger partial charge in [0.15, 0.2) is 5.78 Å². The first-order chi connectivity index (χ1) is 20.2. The molecule has 5 rings (SSSR count). The molecule has 216 valence electrons. The predicted octanol–water partition coefficient (Wildman–Crippen LogP) is 5.23. The highest BCUT2D eigenvalue weighted by Gasteiger charge is 2.51. The molecule has 3 atom stereocenters. The number of rotatable bonds is 6. The number of esters is 2. The number of hydrogen-bond acceptors (Lipinski definition) is 8. The number of carbonyl (C=O) groups is 3. The quantitative estimate of drug-likeness (QED) is 0.307. The second kappa shape index (κ2) is 11.7. The van der Waals surface area contributed by atoms with Gasteiger partial charge < -0.3 is 19.9 Å². The molecule has 1 aliphatic heterocycles. The Bertz CT molecular complexity index is 1630. The molecule has 0 amide bonds. The lowest BCUT2D eigenvalue weighted by Crippen LogP contribution is -2.46.